The maximum Gasteiger partial charge on any atom is 0.295 e. The van der Waals surface area contributed by atoms with Crippen LogP contribution in [0.5, 0.6) is 0 Å². The molecule has 0 heterocycles. The molecule has 0 aliphatic heterocycles. The number of aryl methyl sites for hydroxylation is 5. The van der Waals surface area contributed by atoms with E-state index in [2.05, 4.69) is 183 Å². The normalized spacial score (nSPS) is 12.5. The third-order valence-corrected chi connectivity index (χ3v) is 11.4. The zero-order valence-corrected chi connectivity index (χ0v) is 34.8. The molecule has 1 N–H and O–H groups in total. The lowest BCUT2D eigenvalue weighted by Crippen LogP contribution is -2.22. The highest BCUT2D eigenvalue weighted by atomic mass is 32.2. The molecule has 0 radical (unpaired) electrons. The molecule has 292 valence electrons. The molecule has 0 saturated heterocycles. The van der Waals surface area contributed by atoms with Crippen LogP contribution in [0.2, 0.25) is 0 Å². The smallest absolute Gasteiger partial charge is 0.295 e. The van der Waals surface area contributed by atoms with E-state index >= 15 is 0 Å². The van der Waals surface area contributed by atoms with Crippen molar-refractivity contribution in [3.05, 3.63) is 231 Å². The third-order valence-electron chi connectivity index (χ3n) is 10.6. The third kappa shape index (κ3) is 10.1. The van der Waals surface area contributed by atoms with E-state index in [0.29, 0.717) is 5.56 Å². The van der Waals surface area contributed by atoms with Crippen molar-refractivity contribution in [2.24, 2.45) is 0 Å². The maximum absolute atomic E-state index is 13.0. The summed E-state index contributed by atoms with van der Waals surface area (Å²) in [4.78, 5) is 2.26. The fourth-order valence-electron chi connectivity index (χ4n) is 7.81. The molecule has 0 saturated carbocycles. The van der Waals surface area contributed by atoms with Crippen LogP contribution >= 0.6 is 0 Å². The van der Waals surface area contributed by atoms with E-state index in [1.807, 2.05) is 13.0 Å². The molecule has 0 atom stereocenters. The van der Waals surface area contributed by atoms with E-state index in [0.717, 1.165) is 59.9 Å². The number of hydrogen-bond donors (Lipinski definition) is 1. The van der Waals surface area contributed by atoms with Gasteiger partial charge in [0.2, 0.25) is 5.71 Å². The Hall–Kier alpha value is -6.08. The molecule has 1 aliphatic carbocycles. The first-order chi connectivity index (χ1) is 27.9. The Morgan fingerprint density at radius 2 is 0.983 bits per heavy atom. The van der Waals surface area contributed by atoms with Gasteiger partial charge < -0.3 is 4.90 Å². The summed E-state index contributed by atoms with van der Waals surface area (Å²) in [6.07, 6.45) is 8.35. The fourth-order valence-corrected chi connectivity index (χ4v) is 8.59. The topological polar surface area (TPSA) is 60.6 Å². The molecule has 6 aromatic carbocycles. The van der Waals surface area contributed by atoms with Crippen molar-refractivity contribution < 1.29 is 17.5 Å². The van der Waals surface area contributed by atoms with Crippen LogP contribution in [0.3, 0.4) is 0 Å². The first-order valence-electron chi connectivity index (χ1n) is 19.8. The lowest BCUT2D eigenvalue weighted by Gasteiger charge is -2.26. The van der Waals surface area contributed by atoms with Crippen LogP contribution in [0, 0.1) is 34.6 Å². The number of allylic oxidation sites excluding steroid dienone is 5. The van der Waals surface area contributed by atoms with Crippen molar-refractivity contribution in [2.75, 3.05) is 4.90 Å². The summed E-state index contributed by atoms with van der Waals surface area (Å²) in [6.45, 7) is 13.2. The first kappa shape index (κ1) is 40.1. The number of rotatable bonds is 12. The quantitative estimate of drug-likeness (QED) is 0.0992. The van der Waals surface area contributed by atoms with Crippen molar-refractivity contribution >= 4 is 27.1 Å². The minimum absolute atomic E-state index is 0.114. The molecule has 0 spiro atoms. The average molecular weight is 784 g/mol. The molecule has 0 fully saturated rings. The molecule has 0 aromatic heterocycles. The number of anilines is 1. The van der Waals surface area contributed by atoms with Crippen LogP contribution in [0.15, 0.2) is 174 Å². The van der Waals surface area contributed by atoms with E-state index < -0.39 is 10.1 Å². The summed E-state index contributed by atoms with van der Waals surface area (Å²) < 4.78 is 38.9. The lowest BCUT2D eigenvalue weighted by molar-refractivity contribution is -0.558. The van der Waals surface area contributed by atoms with Crippen molar-refractivity contribution in [3.8, 4) is 0 Å². The molecule has 0 amide bonds. The highest BCUT2D eigenvalue weighted by Crippen LogP contribution is 2.36. The summed E-state index contributed by atoms with van der Waals surface area (Å²) in [5.74, 6) is 0. The van der Waals surface area contributed by atoms with E-state index in [1.54, 1.807) is 12.1 Å². The largest absolute Gasteiger partial charge is 0.363 e. The molecular formula is C52H51N2O3S+. The predicted molar refractivity (Wildman–Crippen MR) is 239 cm³/mol. The van der Waals surface area contributed by atoms with Gasteiger partial charge in [-0.15, -0.1) is 0 Å². The summed E-state index contributed by atoms with van der Waals surface area (Å²) in [6, 6.07) is 48.0. The van der Waals surface area contributed by atoms with Crippen molar-refractivity contribution in [2.45, 2.75) is 65.7 Å². The van der Waals surface area contributed by atoms with E-state index in [9.17, 15) is 13.0 Å². The molecule has 6 aromatic rings. The minimum atomic E-state index is -4.55. The van der Waals surface area contributed by atoms with Crippen LogP contribution < -0.4 is 4.90 Å². The van der Waals surface area contributed by atoms with Gasteiger partial charge in [0.25, 0.3) is 10.1 Å². The Morgan fingerprint density at radius 1 is 0.534 bits per heavy atom. The first-order valence-corrected chi connectivity index (χ1v) is 21.2. The molecule has 0 bridgehead atoms. The van der Waals surface area contributed by atoms with Gasteiger partial charge in [-0.3, -0.25) is 4.55 Å². The second kappa shape index (κ2) is 17.6. The molecule has 1 aliphatic rings. The minimum Gasteiger partial charge on any atom is -0.363 e. The second-order valence-electron chi connectivity index (χ2n) is 15.6. The van der Waals surface area contributed by atoms with Gasteiger partial charge in [0.15, 0.2) is 13.1 Å². The molecule has 7 rings (SSSR count). The Morgan fingerprint density at radius 3 is 1.45 bits per heavy atom. The number of nitrogens with zero attached hydrogens (tertiary/aromatic N) is 2. The van der Waals surface area contributed by atoms with Gasteiger partial charge in [0, 0.05) is 47.6 Å². The van der Waals surface area contributed by atoms with Gasteiger partial charge in [0.05, 0.1) is 0 Å². The Balaban J connectivity index is 1.32. The lowest BCUT2D eigenvalue weighted by atomic mass is 9.90. The van der Waals surface area contributed by atoms with Crippen LogP contribution in [0.25, 0.3) is 5.57 Å². The van der Waals surface area contributed by atoms with Gasteiger partial charge in [-0.25, -0.2) is 4.58 Å². The summed E-state index contributed by atoms with van der Waals surface area (Å²) in [7, 11) is -4.55. The average Bonchev–Trinajstić information content (AvgIpc) is 3.18. The van der Waals surface area contributed by atoms with Crippen LogP contribution in [0.4, 0.5) is 5.69 Å². The molecule has 0 unspecified atom stereocenters. The molecular weight excluding hydrogens is 733 g/mol. The highest BCUT2D eigenvalue weighted by molar-refractivity contribution is 7.86. The van der Waals surface area contributed by atoms with Crippen LogP contribution in [-0.2, 0) is 36.3 Å². The summed E-state index contributed by atoms with van der Waals surface area (Å²) >= 11 is 0. The predicted octanol–water partition coefficient (Wildman–Crippen LogP) is 11.5. The molecule has 6 heteroatoms. The number of hydrogen-bond acceptors (Lipinski definition) is 3. The van der Waals surface area contributed by atoms with E-state index in [4.69, 9.17) is 0 Å². The molecule has 5 nitrogen and oxygen atoms in total. The summed E-state index contributed by atoms with van der Waals surface area (Å²) in [5.41, 5.74) is 15.4. The zero-order valence-electron chi connectivity index (χ0n) is 34.0. The van der Waals surface area contributed by atoms with Crippen molar-refractivity contribution in [1.82, 2.24) is 0 Å². The Labute approximate surface area is 344 Å². The van der Waals surface area contributed by atoms with Gasteiger partial charge in [-0.2, -0.15) is 8.42 Å². The van der Waals surface area contributed by atoms with Gasteiger partial charge in [0.1, 0.15) is 4.90 Å². The van der Waals surface area contributed by atoms with Crippen molar-refractivity contribution in [1.29, 1.82) is 0 Å². The Kier molecular flexibility index (Phi) is 12.2. The maximum atomic E-state index is 13.0. The van der Waals surface area contributed by atoms with Crippen LogP contribution in [0.1, 0.15) is 61.2 Å². The van der Waals surface area contributed by atoms with E-state index in [1.165, 1.54) is 44.5 Å². The second-order valence-corrected chi connectivity index (χ2v) is 17.0. The molecule has 58 heavy (non-hydrogen) atoms. The Bertz CT molecular complexity index is 2590. The van der Waals surface area contributed by atoms with Gasteiger partial charge in [-0.05, 0) is 111 Å². The SMILES string of the molecule is Cc1cccc(CN(Cc2cccc(C)c2)c2ccc(C(=C3C=CC(=[N+](Cc4cccc(C)c4)Cc4cccc(C)c4)C=C3)c3ccc(C)cc3S(=O)(=O)O)cc2)c1. The van der Waals surface area contributed by atoms with E-state index in [-0.39, 0.29) is 4.90 Å². The number of benzene rings is 6. The van der Waals surface area contributed by atoms with Crippen molar-refractivity contribution in [3.63, 3.8) is 0 Å². The fraction of sp³-hybridized carbons (Fsp3) is 0.173. The van der Waals surface area contributed by atoms with Crippen LogP contribution in [-0.4, -0.2) is 23.3 Å². The zero-order chi connectivity index (χ0) is 40.8. The standard InChI is InChI=1S/C52H50N2O3S/c1-37-10-6-14-42(28-37)33-53(34-43-15-7-11-38(2)29-43)48-23-19-46(20-24-48)52(50-27-18-41(5)32-51(50)58(55,56)57)47-21-25-49(26-22-47)54(35-44-16-8-12-39(3)30-44)36-45-17-9-13-40(4)31-45/h6-32H,33-36H2,1-5H3/p+1. The van der Waals surface area contributed by atoms with Gasteiger partial charge >= 0.3 is 0 Å². The summed E-state index contributed by atoms with van der Waals surface area (Å²) in [5, 5.41) is 0. The monoisotopic (exact) mass is 783 g/mol. The van der Waals surface area contributed by atoms with Gasteiger partial charge in [-0.1, -0.05) is 131 Å². The highest BCUT2D eigenvalue weighted by Gasteiger charge is 2.23.